The van der Waals surface area contributed by atoms with Gasteiger partial charge in [0.25, 0.3) is 0 Å². The van der Waals surface area contributed by atoms with Gasteiger partial charge in [-0.15, -0.1) is 0 Å². The molecular weight excluding hydrogens is 412 g/mol. The highest BCUT2D eigenvalue weighted by Crippen LogP contribution is 2.32. The van der Waals surface area contributed by atoms with Gasteiger partial charge in [-0.1, -0.05) is 43.0 Å². The molecule has 31 heavy (non-hydrogen) atoms. The molecule has 0 aromatic heterocycles. The van der Waals surface area contributed by atoms with E-state index in [1.54, 1.807) is 12.1 Å². The van der Waals surface area contributed by atoms with E-state index in [1.165, 1.54) is 11.4 Å². The Morgan fingerprint density at radius 3 is 2.32 bits per heavy atom. The van der Waals surface area contributed by atoms with E-state index >= 15 is 0 Å². The van der Waals surface area contributed by atoms with Crippen LogP contribution in [-0.2, 0) is 14.8 Å². The average Bonchev–Trinajstić information content (AvgIpc) is 2.74. The smallest absolute Gasteiger partial charge is 0.247 e. The Hall–Kier alpha value is -2.38. The summed E-state index contributed by atoms with van der Waals surface area (Å²) in [5.74, 6) is -0.0473. The van der Waals surface area contributed by atoms with Crippen molar-refractivity contribution in [2.24, 2.45) is 0 Å². The minimum Gasteiger partial charge on any atom is -0.495 e. The first-order valence-electron chi connectivity index (χ1n) is 10.8. The molecule has 0 radical (unpaired) electrons. The normalized spacial score (nSPS) is 15.1. The first-order chi connectivity index (χ1) is 14.7. The molecule has 1 amide bonds. The van der Waals surface area contributed by atoms with Crippen molar-refractivity contribution in [3.05, 3.63) is 53.1 Å². The van der Waals surface area contributed by atoms with Gasteiger partial charge in [0.15, 0.2) is 0 Å². The minimum absolute atomic E-state index is 0.111. The van der Waals surface area contributed by atoms with Crippen LogP contribution in [0.3, 0.4) is 0 Å². The van der Waals surface area contributed by atoms with Crippen LogP contribution in [0, 0.1) is 20.8 Å². The maximum absolute atomic E-state index is 13.7. The number of ether oxygens (including phenoxy) is 1. The molecule has 2 aromatic carbocycles. The van der Waals surface area contributed by atoms with Gasteiger partial charge < -0.3 is 10.1 Å². The number of rotatable bonds is 7. The molecule has 0 bridgehead atoms. The van der Waals surface area contributed by atoms with E-state index in [1.807, 2.05) is 45.0 Å². The van der Waals surface area contributed by atoms with Crippen molar-refractivity contribution in [2.75, 3.05) is 19.0 Å². The molecule has 1 saturated carbocycles. The molecule has 6 nitrogen and oxygen atoms in total. The van der Waals surface area contributed by atoms with Gasteiger partial charge in [-0.3, -0.25) is 4.79 Å². The fraction of sp³-hybridized carbons (Fsp3) is 0.458. The topological polar surface area (TPSA) is 75.7 Å². The molecule has 1 aliphatic carbocycles. The van der Waals surface area contributed by atoms with E-state index in [0.29, 0.717) is 11.4 Å². The number of hydrogen-bond acceptors (Lipinski definition) is 4. The monoisotopic (exact) mass is 444 g/mol. The van der Waals surface area contributed by atoms with Crippen LogP contribution in [0.2, 0.25) is 0 Å². The number of hydrogen-bond donors (Lipinski definition) is 1. The summed E-state index contributed by atoms with van der Waals surface area (Å²) in [7, 11) is -2.46. The molecular formula is C24H32N2O4S. The van der Waals surface area contributed by atoms with Crippen molar-refractivity contribution in [1.29, 1.82) is 0 Å². The molecule has 3 rings (SSSR count). The summed E-state index contributed by atoms with van der Waals surface area (Å²) in [4.78, 5) is 13.1. The first kappa shape index (κ1) is 23.3. The van der Waals surface area contributed by atoms with E-state index in [4.69, 9.17) is 4.74 Å². The lowest BCUT2D eigenvalue weighted by Crippen LogP contribution is -2.45. The van der Waals surface area contributed by atoms with E-state index in [0.717, 1.165) is 48.8 Å². The number of anilines is 1. The second-order valence-corrected chi connectivity index (χ2v) is 10.2. The quantitative estimate of drug-likeness (QED) is 0.678. The van der Waals surface area contributed by atoms with Gasteiger partial charge in [-0.2, -0.15) is 4.31 Å². The predicted molar refractivity (Wildman–Crippen MR) is 123 cm³/mol. The summed E-state index contributed by atoms with van der Waals surface area (Å²) < 4.78 is 34.2. The molecule has 0 atom stereocenters. The molecule has 7 heteroatoms. The fourth-order valence-electron chi connectivity index (χ4n) is 4.18. The Balaban J connectivity index is 1.93. The van der Waals surface area contributed by atoms with Crippen LogP contribution >= 0.6 is 0 Å². The van der Waals surface area contributed by atoms with Crippen molar-refractivity contribution in [3.63, 3.8) is 0 Å². The third kappa shape index (κ3) is 5.46. The molecule has 0 aliphatic heterocycles. The third-order valence-corrected chi connectivity index (χ3v) is 7.76. The van der Waals surface area contributed by atoms with Gasteiger partial charge in [0.1, 0.15) is 10.6 Å². The number of benzene rings is 2. The third-order valence-electron chi connectivity index (χ3n) is 5.84. The highest BCUT2D eigenvalue weighted by atomic mass is 32.2. The summed E-state index contributed by atoms with van der Waals surface area (Å²) in [6, 6.07) is 10.7. The van der Waals surface area contributed by atoms with Crippen LogP contribution < -0.4 is 10.1 Å². The molecule has 0 spiro atoms. The van der Waals surface area contributed by atoms with Crippen molar-refractivity contribution in [2.45, 2.75) is 63.8 Å². The van der Waals surface area contributed by atoms with Crippen LogP contribution in [0.5, 0.6) is 5.75 Å². The van der Waals surface area contributed by atoms with Crippen LogP contribution in [-0.4, -0.2) is 38.3 Å². The summed E-state index contributed by atoms with van der Waals surface area (Å²) in [5.41, 5.74) is 3.57. The van der Waals surface area contributed by atoms with E-state index in [-0.39, 0.29) is 23.4 Å². The van der Waals surface area contributed by atoms with Crippen LogP contribution in [0.15, 0.2) is 41.3 Å². The Morgan fingerprint density at radius 2 is 1.68 bits per heavy atom. The highest BCUT2D eigenvalue weighted by molar-refractivity contribution is 7.89. The van der Waals surface area contributed by atoms with Gasteiger partial charge in [0, 0.05) is 11.7 Å². The van der Waals surface area contributed by atoms with E-state index in [9.17, 15) is 13.2 Å². The summed E-state index contributed by atoms with van der Waals surface area (Å²) in [5, 5.41) is 2.89. The number of methoxy groups -OCH3 is 1. The number of amides is 1. The zero-order valence-electron chi connectivity index (χ0n) is 18.8. The lowest BCUT2D eigenvalue weighted by atomic mass is 9.95. The van der Waals surface area contributed by atoms with Crippen molar-refractivity contribution in [1.82, 2.24) is 4.31 Å². The number of carbonyl (C=O) groups excluding carboxylic acids is 1. The summed E-state index contributed by atoms with van der Waals surface area (Å²) in [6.45, 7) is 5.54. The molecule has 0 unspecified atom stereocenters. The van der Waals surface area contributed by atoms with Crippen LogP contribution in [0.1, 0.15) is 48.8 Å². The van der Waals surface area contributed by atoms with Crippen LogP contribution in [0.4, 0.5) is 5.69 Å². The SMILES string of the molecule is COc1ccc(C)cc1S(=O)(=O)N(CC(=O)Nc1ccc(C)cc1C)C1CCCCC1. The standard InChI is InChI=1S/C24H32N2O4S/c1-17-10-12-21(19(3)14-17)25-24(27)16-26(20-8-6-5-7-9-20)31(28,29)23-15-18(2)11-13-22(23)30-4/h10-15,20H,5-9,16H2,1-4H3,(H,25,27). The van der Waals surface area contributed by atoms with Crippen molar-refractivity contribution in [3.8, 4) is 5.75 Å². The molecule has 0 heterocycles. The van der Waals surface area contributed by atoms with E-state index in [2.05, 4.69) is 5.32 Å². The molecule has 1 fully saturated rings. The second-order valence-electron chi connectivity index (χ2n) is 8.36. The molecule has 1 N–H and O–H groups in total. The highest BCUT2D eigenvalue weighted by Gasteiger charge is 2.35. The Kier molecular flexibility index (Phi) is 7.38. The predicted octanol–water partition coefficient (Wildman–Crippen LogP) is 4.58. The lowest BCUT2D eigenvalue weighted by Gasteiger charge is -2.33. The number of carbonyl (C=O) groups is 1. The average molecular weight is 445 g/mol. The molecule has 1 aliphatic rings. The van der Waals surface area contributed by atoms with Gasteiger partial charge in [0.2, 0.25) is 15.9 Å². The Bertz CT molecular complexity index is 1040. The van der Waals surface area contributed by atoms with Gasteiger partial charge >= 0.3 is 0 Å². The van der Waals surface area contributed by atoms with Gasteiger partial charge in [-0.25, -0.2) is 8.42 Å². The van der Waals surface area contributed by atoms with Crippen molar-refractivity contribution < 1.29 is 17.9 Å². The Labute approximate surface area is 185 Å². The van der Waals surface area contributed by atoms with Gasteiger partial charge in [-0.05, 0) is 62.9 Å². The van der Waals surface area contributed by atoms with Crippen LogP contribution in [0.25, 0.3) is 0 Å². The second kappa shape index (κ2) is 9.83. The zero-order chi connectivity index (χ0) is 22.6. The van der Waals surface area contributed by atoms with Crippen molar-refractivity contribution >= 4 is 21.6 Å². The van der Waals surface area contributed by atoms with E-state index < -0.39 is 10.0 Å². The number of aryl methyl sites for hydroxylation is 3. The largest absolute Gasteiger partial charge is 0.495 e. The lowest BCUT2D eigenvalue weighted by molar-refractivity contribution is -0.116. The molecule has 2 aromatic rings. The Morgan fingerprint density at radius 1 is 1.03 bits per heavy atom. The number of nitrogens with zero attached hydrogens (tertiary/aromatic N) is 1. The summed E-state index contributed by atoms with van der Waals surface area (Å²) >= 11 is 0. The zero-order valence-corrected chi connectivity index (χ0v) is 19.6. The molecule has 0 saturated heterocycles. The number of nitrogens with one attached hydrogen (secondary N) is 1. The first-order valence-corrected chi connectivity index (χ1v) is 12.2. The maximum Gasteiger partial charge on any atom is 0.247 e. The van der Waals surface area contributed by atoms with Gasteiger partial charge in [0.05, 0.1) is 13.7 Å². The summed E-state index contributed by atoms with van der Waals surface area (Å²) in [6.07, 6.45) is 4.52. The fourth-order valence-corrected chi connectivity index (χ4v) is 6.06. The molecule has 168 valence electrons. The number of sulfonamides is 1. The minimum atomic E-state index is -3.92. The maximum atomic E-state index is 13.7.